The van der Waals surface area contributed by atoms with Gasteiger partial charge >= 0.3 is 143 Å². The van der Waals surface area contributed by atoms with E-state index in [1.54, 1.807) is 13.0 Å². The first-order chi connectivity index (χ1) is 25.4. The van der Waals surface area contributed by atoms with Gasteiger partial charge in [0.15, 0.2) is 11.6 Å². The first-order valence-electron chi connectivity index (χ1n) is 20.1. The third-order valence-corrected chi connectivity index (χ3v) is 15.6. The Morgan fingerprint density at radius 3 is 1.77 bits per heavy atom. The van der Waals surface area contributed by atoms with Crippen molar-refractivity contribution in [2.24, 2.45) is 21.2 Å². The van der Waals surface area contributed by atoms with Gasteiger partial charge in [-0.2, -0.15) is 11.4 Å². The number of phenols is 1. The minimum atomic E-state index is -0.584. The molecule has 0 atom stereocenters. The summed E-state index contributed by atoms with van der Waals surface area (Å²) >= 11 is -0.353. The third kappa shape index (κ3) is 8.46. The molecular formula is C47H57F2MoN2O-. The summed E-state index contributed by atoms with van der Waals surface area (Å²) < 4.78 is 36.9. The largest absolute Gasteiger partial charge is 0.665 e. The minimum Gasteiger partial charge on any atom is -0.665 e. The van der Waals surface area contributed by atoms with Gasteiger partial charge in [-0.05, 0) is 104 Å². The van der Waals surface area contributed by atoms with Crippen LogP contribution < -0.4 is 4.98 Å². The number of aromatic hydroxyl groups is 1. The topological polar surface area (TPSA) is 46.7 Å². The van der Waals surface area contributed by atoms with Crippen molar-refractivity contribution in [3.05, 3.63) is 111 Å². The normalized spacial score (nSPS) is 23.8. The van der Waals surface area contributed by atoms with Crippen molar-refractivity contribution in [2.45, 2.75) is 135 Å². The fraction of sp³-hybridized carbons (Fsp3) is 0.511. The van der Waals surface area contributed by atoms with Crippen LogP contribution >= 0.6 is 0 Å². The number of fused-ring (bicyclic) bond motifs is 2. The molecule has 1 N–H and O–H groups in total. The molecule has 6 aliphatic rings. The van der Waals surface area contributed by atoms with E-state index in [0.717, 1.165) is 108 Å². The number of halogens is 2. The van der Waals surface area contributed by atoms with Gasteiger partial charge in [-0.3, -0.25) is 0 Å². The zero-order chi connectivity index (χ0) is 37.3. The summed E-state index contributed by atoms with van der Waals surface area (Å²) in [6, 6.07) is 18.1. The van der Waals surface area contributed by atoms with Crippen molar-refractivity contribution in [3.63, 3.8) is 0 Å². The monoisotopic (exact) mass is 801 g/mol. The average Bonchev–Trinajstić information content (AvgIpc) is 3.52. The molecule has 0 saturated heterocycles. The number of aromatic nitrogens is 1. The molecule has 10 rings (SSSR count). The first-order valence-corrected chi connectivity index (χ1v) is 22.2. The number of rotatable bonds is 4. The molecule has 6 aliphatic carbocycles. The van der Waals surface area contributed by atoms with Crippen molar-refractivity contribution in [1.29, 1.82) is 0 Å². The molecule has 0 unspecified atom stereocenters. The molecule has 4 fully saturated rings. The van der Waals surface area contributed by atoms with Crippen LogP contribution in [0.3, 0.4) is 0 Å². The van der Waals surface area contributed by atoms with Crippen molar-refractivity contribution < 1.29 is 31.8 Å². The number of aryl methyl sites for hydroxylation is 4. The van der Waals surface area contributed by atoms with Gasteiger partial charge in [-0.1, -0.05) is 26.0 Å². The maximum absolute atomic E-state index is 14.5. The Kier molecular flexibility index (Phi) is 11.5. The number of nitrogens with zero attached hydrogens (tertiary/aromatic N) is 2. The Bertz CT molecular complexity index is 1880. The average molecular weight is 800 g/mol. The second kappa shape index (κ2) is 16.0. The molecule has 0 spiro atoms. The molecule has 4 bridgehead atoms. The van der Waals surface area contributed by atoms with E-state index < -0.39 is 5.82 Å². The van der Waals surface area contributed by atoms with Crippen molar-refractivity contribution in [2.75, 3.05) is 0 Å². The molecule has 4 saturated carbocycles. The standard InChI is InChI=1S/C21H22F2O.C10H15N.C10H12.C6H8N.Mo/c1-12-17(22)10-13-6-2-4-8-15(13)19(12)20-16-9-5-3-7-14(16)11-18(23)21(20)24;11-10-4-7-1-8(5-10)3-9(2-7)6-10;1-10(2,3)9-7-5-4-6-8-9;1-5-3-4-6(2)7-5;/h10-11,24H,2-9H2,1H3;7-9H,1-6H2;1,4-8H,2-3H3;3-4H,1-2H3;/q;;;-1;. The number of hydrogen-bond donors (Lipinski definition) is 1. The summed E-state index contributed by atoms with van der Waals surface area (Å²) in [7, 11) is 0. The summed E-state index contributed by atoms with van der Waals surface area (Å²) in [5.41, 5.74) is 10.2. The molecule has 3 aromatic carbocycles. The van der Waals surface area contributed by atoms with Crippen LogP contribution in [0.15, 0.2) is 58.1 Å². The molecule has 0 amide bonds. The maximum Gasteiger partial charge on any atom is 0.165 e. The van der Waals surface area contributed by atoms with Crippen LogP contribution in [0.4, 0.5) is 8.78 Å². The Balaban J connectivity index is 0.000000139. The van der Waals surface area contributed by atoms with Crippen LogP contribution in [0.5, 0.6) is 5.75 Å². The van der Waals surface area contributed by atoms with Crippen LogP contribution in [-0.4, -0.2) is 15.0 Å². The Morgan fingerprint density at radius 2 is 1.25 bits per heavy atom. The summed E-state index contributed by atoms with van der Waals surface area (Å²) in [6.07, 6.45) is 16.4. The van der Waals surface area contributed by atoms with E-state index in [1.807, 2.05) is 26.0 Å². The van der Waals surface area contributed by atoms with Crippen LogP contribution in [0.1, 0.15) is 123 Å². The van der Waals surface area contributed by atoms with Gasteiger partial charge in [0.1, 0.15) is 5.82 Å². The van der Waals surface area contributed by atoms with E-state index >= 15 is 0 Å². The first kappa shape index (κ1) is 38.2. The van der Waals surface area contributed by atoms with Crippen molar-refractivity contribution >= 4 is 4.40 Å². The molecule has 4 aromatic rings. The third-order valence-electron chi connectivity index (χ3n) is 12.7. The molecule has 1 aromatic heterocycles. The van der Waals surface area contributed by atoms with Gasteiger partial charge in [0.05, 0.1) is 0 Å². The van der Waals surface area contributed by atoms with Crippen molar-refractivity contribution in [1.82, 2.24) is 4.98 Å². The second-order valence-electron chi connectivity index (χ2n) is 17.4. The molecule has 0 radical (unpaired) electrons. The van der Waals surface area contributed by atoms with Gasteiger partial charge in [0.2, 0.25) is 0 Å². The smallest absolute Gasteiger partial charge is 0.165 e. The molecule has 3 nitrogen and oxygen atoms in total. The molecule has 0 aliphatic heterocycles. The molecule has 53 heavy (non-hydrogen) atoms. The number of phenolic OH excluding ortho intramolecular Hbond substituents is 1. The Hall–Kier alpha value is -3.04. The summed E-state index contributed by atoms with van der Waals surface area (Å²) in [6.45, 7) is 10.4. The predicted molar refractivity (Wildman–Crippen MR) is 210 cm³/mol. The molecule has 6 heteroatoms. The number of hydrogen-bond acceptors (Lipinski definition) is 2. The quantitative estimate of drug-likeness (QED) is 0.209. The SMILES string of the molecule is CC(C)([CH]=[Mo]=[N]C12CC3CC(CC(C3)C1)C2)c1ccccc1.Cc1c(F)cc2c(c1-c1c(O)c(F)cc3c1CCCC3)CCCC2.Cc1ccc(C)[n-]1. The van der Waals surface area contributed by atoms with Crippen LogP contribution in [-0.2, 0) is 49.0 Å². The van der Waals surface area contributed by atoms with Gasteiger partial charge in [-0.25, -0.2) is 8.78 Å². The molecule has 1 heterocycles. The minimum absolute atomic E-state index is 0.176. The van der Waals surface area contributed by atoms with E-state index in [-0.39, 0.29) is 34.9 Å². The van der Waals surface area contributed by atoms with E-state index in [4.69, 9.17) is 3.50 Å². The van der Waals surface area contributed by atoms with Crippen molar-refractivity contribution in [3.8, 4) is 16.9 Å². The van der Waals surface area contributed by atoms with Gasteiger partial charge in [0, 0.05) is 5.56 Å². The molecular weight excluding hydrogens is 742 g/mol. The fourth-order valence-electron chi connectivity index (χ4n) is 10.4. The zero-order valence-corrected chi connectivity index (χ0v) is 34.4. The van der Waals surface area contributed by atoms with Crippen LogP contribution in [0, 0.1) is 50.2 Å². The van der Waals surface area contributed by atoms with Crippen LogP contribution in [0.25, 0.3) is 11.1 Å². The van der Waals surface area contributed by atoms with E-state index in [2.05, 4.69) is 53.6 Å². The second-order valence-corrected chi connectivity index (χ2v) is 18.9. The maximum atomic E-state index is 14.5. The van der Waals surface area contributed by atoms with Gasteiger partial charge in [0.25, 0.3) is 0 Å². The summed E-state index contributed by atoms with van der Waals surface area (Å²) in [4.78, 5) is 4.11. The summed E-state index contributed by atoms with van der Waals surface area (Å²) in [5.74, 6) is 1.91. The van der Waals surface area contributed by atoms with E-state index in [9.17, 15) is 13.9 Å². The van der Waals surface area contributed by atoms with E-state index in [0.29, 0.717) is 16.7 Å². The van der Waals surface area contributed by atoms with Crippen LogP contribution in [0.2, 0.25) is 0 Å². The summed E-state index contributed by atoms with van der Waals surface area (Å²) in [5, 5.41) is 10.5. The molecule has 282 valence electrons. The Labute approximate surface area is 324 Å². The fourth-order valence-corrected chi connectivity index (χ4v) is 12.6. The predicted octanol–water partition coefficient (Wildman–Crippen LogP) is 11.7. The van der Waals surface area contributed by atoms with Gasteiger partial charge in [-0.15, -0.1) is 0 Å². The Morgan fingerprint density at radius 1 is 0.736 bits per heavy atom. The zero-order valence-electron chi connectivity index (χ0n) is 32.4. The van der Waals surface area contributed by atoms with Gasteiger partial charge < -0.3 is 10.1 Å². The van der Waals surface area contributed by atoms with E-state index in [1.165, 1.54) is 50.2 Å². The number of benzene rings is 3.